The number of benzene rings is 1. The van der Waals surface area contributed by atoms with Gasteiger partial charge in [-0.05, 0) is 17.5 Å². The summed E-state index contributed by atoms with van der Waals surface area (Å²) in [6, 6.07) is 9.05. The van der Waals surface area contributed by atoms with Crippen molar-refractivity contribution in [3.63, 3.8) is 0 Å². The minimum absolute atomic E-state index is 0.149. The number of aryl methyl sites for hydroxylation is 2. The number of amides is 1. The van der Waals surface area contributed by atoms with Crippen LogP contribution in [0, 0.1) is 0 Å². The molecular formula is C21H21N5O3S. The summed E-state index contributed by atoms with van der Waals surface area (Å²) in [6.07, 6.45) is 4.10. The van der Waals surface area contributed by atoms with E-state index in [9.17, 15) is 4.79 Å². The topological polar surface area (TPSA) is 95.1 Å². The average Bonchev–Trinajstić information content (AvgIpc) is 3.52. The molecule has 4 rings (SSSR count). The molecule has 0 aliphatic rings. The molecule has 0 aliphatic carbocycles. The molecule has 0 aliphatic heterocycles. The van der Waals surface area contributed by atoms with E-state index in [1.165, 1.54) is 0 Å². The fraction of sp³-hybridized carbons (Fsp3) is 0.238. The van der Waals surface area contributed by atoms with E-state index in [1.54, 1.807) is 24.6 Å². The Kier molecular flexibility index (Phi) is 5.89. The fourth-order valence-electron chi connectivity index (χ4n) is 3.15. The van der Waals surface area contributed by atoms with Crippen LogP contribution in [0.5, 0.6) is 5.75 Å². The van der Waals surface area contributed by atoms with Crippen LogP contribution in [0.4, 0.5) is 0 Å². The molecule has 0 fully saturated rings. The molecule has 1 atom stereocenters. The molecule has 1 aromatic carbocycles. The maximum absolute atomic E-state index is 12.8. The molecule has 0 saturated carbocycles. The van der Waals surface area contributed by atoms with Gasteiger partial charge in [-0.15, -0.1) is 10.2 Å². The summed E-state index contributed by atoms with van der Waals surface area (Å²) in [5.74, 6) is 2.14. The Morgan fingerprint density at radius 2 is 2.17 bits per heavy atom. The van der Waals surface area contributed by atoms with E-state index in [1.807, 2.05) is 58.9 Å². The fourth-order valence-corrected chi connectivity index (χ4v) is 3.78. The van der Waals surface area contributed by atoms with Crippen LogP contribution in [0.1, 0.15) is 29.7 Å². The van der Waals surface area contributed by atoms with Gasteiger partial charge in [0.25, 0.3) is 0 Å². The van der Waals surface area contributed by atoms with Gasteiger partial charge >= 0.3 is 0 Å². The first-order valence-electron chi connectivity index (χ1n) is 9.40. The lowest BCUT2D eigenvalue weighted by Crippen LogP contribution is -2.31. The van der Waals surface area contributed by atoms with Crippen molar-refractivity contribution >= 4 is 17.2 Å². The molecule has 0 spiro atoms. The number of hydrogen-bond acceptors (Lipinski definition) is 7. The van der Waals surface area contributed by atoms with E-state index >= 15 is 0 Å². The number of thiophene rings is 1. The van der Waals surface area contributed by atoms with Gasteiger partial charge in [0.1, 0.15) is 17.6 Å². The smallest absolute Gasteiger partial charge is 0.248 e. The third-order valence-electron chi connectivity index (χ3n) is 4.67. The highest BCUT2D eigenvalue weighted by Crippen LogP contribution is 2.29. The van der Waals surface area contributed by atoms with Crippen LogP contribution in [0.3, 0.4) is 0 Å². The zero-order valence-corrected chi connectivity index (χ0v) is 17.4. The summed E-state index contributed by atoms with van der Waals surface area (Å²) < 4.78 is 13.0. The number of nitrogens with one attached hydrogen (secondary N) is 1. The highest BCUT2D eigenvalue weighted by Gasteiger charge is 2.24. The maximum atomic E-state index is 12.8. The first-order chi connectivity index (χ1) is 14.7. The number of imidazole rings is 1. The first-order valence-corrected chi connectivity index (χ1v) is 10.3. The number of aromatic nitrogens is 4. The minimum atomic E-state index is -0.447. The quantitative estimate of drug-likeness (QED) is 0.467. The number of nitrogens with zero attached hydrogens (tertiary/aromatic N) is 4. The molecule has 1 amide bonds. The second kappa shape index (κ2) is 8.91. The van der Waals surface area contributed by atoms with Gasteiger partial charge in [-0.2, -0.15) is 11.3 Å². The Morgan fingerprint density at radius 3 is 2.90 bits per heavy atom. The van der Waals surface area contributed by atoms with E-state index < -0.39 is 6.04 Å². The Balaban J connectivity index is 1.48. The van der Waals surface area contributed by atoms with Crippen LogP contribution in [-0.2, 0) is 18.3 Å². The predicted molar refractivity (Wildman–Crippen MR) is 112 cm³/mol. The van der Waals surface area contributed by atoms with Crippen molar-refractivity contribution < 1.29 is 13.9 Å². The highest BCUT2D eigenvalue weighted by molar-refractivity contribution is 7.08. The molecule has 1 unspecified atom stereocenters. The van der Waals surface area contributed by atoms with Crippen molar-refractivity contribution in [3.05, 3.63) is 70.8 Å². The molecule has 0 radical (unpaired) electrons. The molecule has 1 N–H and O–H groups in total. The lowest BCUT2D eigenvalue weighted by molar-refractivity contribution is -0.121. The van der Waals surface area contributed by atoms with Crippen LogP contribution in [0.2, 0.25) is 0 Å². The van der Waals surface area contributed by atoms with Gasteiger partial charge < -0.3 is 19.0 Å². The second-order valence-electron chi connectivity index (χ2n) is 6.65. The van der Waals surface area contributed by atoms with E-state index in [2.05, 4.69) is 20.5 Å². The maximum Gasteiger partial charge on any atom is 0.248 e. The molecular weight excluding hydrogens is 402 g/mol. The van der Waals surface area contributed by atoms with Gasteiger partial charge in [0, 0.05) is 48.8 Å². The predicted octanol–water partition coefficient (Wildman–Crippen LogP) is 3.38. The molecule has 154 valence electrons. The first kappa shape index (κ1) is 19.8. The Labute approximate surface area is 177 Å². The minimum Gasteiger partial charge on any atom is -0.496 e. The van der Waals surface area contributed by atoms with Crippen molar-refractivity contribution in [1.82, 2.24) is 25.1 Å². The molecule has 8 nitrogen and oxygen atoms in total. The van der Waals surface area contributed by atoms with Crippen molar-refractivity contribution in [2.24, 2.45) is 7.05 Å². The number of ether oxygens (including phenoxy) is 1. The normalized spacial score (nSPS) is 11.9. The van der Waals surface area contributed by atoms with Crippen LogP contribution in [0.15, 0.2) is 57.9 Å². The van der Waals surface area contributed by atoms with Crippen LogP contribution >= 0.6 is 11.3 Å². The SMILES string of the molecule is COc1ccccc1C(NC(=O)CCc1nnc(-c2ccsc2)o1)c1nccn1C. The second-order valence-corrected chi connectivity index (χ2v) is 7.43. The lowest BCUT2D eigenvalue weighted by atomic mass is 10.0. The molecule has 3 heterocycles. The summed E-state index contributed by atoms with van der Waals surface area (Å²) in [6.45, 7) is 0. The third-order valence-corrected chi connectivity index (χ3v) is 5.36. The average molecular weight is 423 g/mol. The van der Waals surface area contributed by atoms with Gasteiger partial charge in [-0.1, -0.05) is 18.2 Å². The van der Waals surface area contributed by atoms with Crippen molar-refractivity contribution in [2.45, 2.75) is 18.9 Å². The number of hydrogen-bond donors (Lipinski definition) is 1. The van der Waals surface area contributed by atoms with Crippen LogP contribution < -0.4 is 10.1 Å². The summed E-state index contributed by atoms with van der Waals surface area (Å²) in [5, 5.41) is 15.0. The Bertz CT molecular complexity index is 1120. The van der Waals surface area contributed by atoms with Gasteiger partial charge in [-0.3, -0.25) is 4.79 Å². The van der Waals surface area contributed by atoms with Crippen molar-refractivity contribution in [1.29, 1.82) is 0 Å². The largest absolute Gasteiger partial charge is 0.496 e. The Hall–Kier alpha value is -3.46. The summed E-state index contributed by atoms with van der Waals surface area (Å²) in [7, 11) is 3.50. The summed E-state index contributed by atoms with van der Waals surface area (Å²) >= 11 is 1.56. The van der Waals surface area contributed by atoms with Crippen LogP contribution in [0.25, 0.3) is 11.5 Å². The summed E-state index contributed by atoms with van der Waals surface area (Å²) in [5.41, 5.74) is 1.72. The van der Waals surface area contributed by atoms with Crippen molar-refractivity contribution in [2.75, 3.05) is 7.11 Å². The zero-order valence-electron chi connectivity index (χ0n) is 16.6. The number of para-hydroxylation sites is 1. The molecule has 30 heavy (non-hydrogen) atoms. The zero-order chi connectivity index (χ0) is 20.9. The van der Waals surface area contributed by atoms with E-state index in [-0.39, 0.29) is 12.3 Å². The standard InChI is InChI=1S/C21H21N5O3S/c1-26-11-10-22-20(26)19(15-5-3-4-6-16(15)28-2)23-17(27)7-8-18-24-25-21(29-18)14-9-12-30-13-14/h3-6,9-13,19H,7-8H2,1-2H3,(H,23,27). The molecule has 0 saturated heterocycles. The molecule has 3 aromatic heterocycles. The van der Waals surface area contributed by atoms with Gasteiger partial charge in [0.05, 0.1) is 7.11 Å². The molecule has 0 bridgehead atoms. The molecule has 4 aromatic rings. The number of rotatable bonds is 8. The monoisotopic (exact) mass is 423 g/mol. The van der Waals surface area contributed by atoms with Crippen LogP contribution in [-0.4, -0.2) is 32.8 Å². The van der Waals surface area contributed by atoms with E-state index in [0.717, 1.165) is 11.1 Å². The van der Waals surface area contributed by atoms with Gasteiger partial charge in [-0.25, -0.2) is 4.98 Å². The number of methoxy groups -OCH3 is 1. The van der Waals surface area contributed by atoms with Gasteiger partial charge in [0.2, 0.25) is 17.7 Å². The lowest BCUT2D eigenvalue weighted by Gasteiger charge is -2.21. The number of carbonyl (C=O) groups is 1. The number of carbonyl (C=O) groups excluding carboxylic acids is 1. The van der Waals surface area contributed by atoms with E-state index in [0.29, 0.717) is 29.8 Å². The Morgan fingerprint density at radius 1 is 1.30 bits per heavy atom. The van der Waals surface area contributed by atoms with Crippen molar-refractivity contribution in [3.8, 4) is 17.2 Å². The van der Waals surface area contributed by atoms with E-state index in [4.69, 9.17) is 9.15 Å². The molecule has 9 heteroatoms. The third kappa shape index (κ3) is 4.25. The van der Waals surface area contributed by atoms with Gasteiger partial charge in [0.15, 0.2) is 0 Å². The summed E-state index contributed by atoms with van der Waals surface area (Å²) in [4.78, 5) is 17.2. The highest BCUT2D eigenvalue weighted by atomic mass is 32.1.